The van der Waals surface area contributed by atoms with Crippen molar-refractivity contribution < 1.29 is 0 Å². The van der Waals surface area contributed by atoms with E-state index in [0.29, 0.717) is 0 Å². The van der Waals surface area contributed by atoms with Crippen LogP contribution in [0, 0.1) is 6.92 Å². The molecule has 0 bridgehead atoms. The fourth-order valence-electron chi connectivity index (χ4n) is 1.96. The number of rotatable bonds is 3. The third-order valence-electron chi connectivity index (χ3n) is 2.89. The molecule has 1 heterocycles. The molecule has 0 aliphatic heterocycles. The highest BCUT2D eigenvalue weighted by Crippen LogP contribution is 2.34. The Kier molecular flexibility index (Phi) is 4.11. The average molecular weight is 255 g/mol. The molecule has 92 valence electrons. The van der Waals surface area contributed by atoms with Crippen molar-refractivity contribution in [3.63, 3.8) is 0 Å². The smallest absolute Gasteiger partial charge is 0.0352 e. The SMILES string of the molecule is CN=C/C=C\C=C(/C)c1sc2ccccc2c1C. The third kappa shape index (κ3) is 2.59. The zero-order valence-electron chi connectivity index (χ0n) is 11.0. The Morgan fingerprint density at radius 3 is 2.72 bits per heavy atom. The summed E-state index contributed by atoms with van der Waals surface area (Å²) in [5.74, 6) is 0. The number of fused-ring (bicyclic) bond motifs is 1. The van der Waals surface area contributed by atoms with Gasteiger partial charge in [0, 0.05) is 22.8 Å². The van der Waals surface area contributed by atoms with Gasteiger partial charge >= 0.3 is 0 Å². The van der Waals surface area contributed by atoms with Crippen LogP contribution in [0.5, 0.6) is 0 Å². The van der Waals surface area contributed by atoms with Gasteiger partial charge in [-0.3, -0.25) is 4.99 Å². The highest BCUT2D eigenvalue weighted by Gasteiger charge is 2.08. The Bertz CT molecular complexity index is 630. The highest BCUT2D eigenvalue weighted by atomic mass is 32.1. The molecule has 0 saturated heterocycles. The first kappa shape index (κ1) is 12.8. The average Bonchev–Trinajstić information content (AvgIpc) is 2.73. The normalized spacial score (nSPS) is 13.2. The Morgan fingerprint density at radius 1 is 1.22 bits per heavy atom. The molecule has 1 nitrogen and oxygen atoms in total. The third-order valence-corrected chi connectivity index (χ3v) is 4.30. The first-order valence-corrected chi connectivity index (χ1v) is 6.80. The molecule has 2 aromatic rings. The van der Waals surface area contributed by atoms with Crippen LogP contribution in [0.15, 0.2) is 47.5 Å². The molecule has 0 spiro atoms. The summed E-state index contributed by atoms with van der Waals surface area (Å²) in [6.07, 6.45) is 7.92. The van der Waals surface area contributed by atoms with Crippen molar-refractivity contribution in [2.45, 2.75) is 13.8 Å². The molecule has 0 saturated carbocycles. The molecule has 0 radical (unpaired) electrons. The number of allylic oxidation sites excluding steroid dienone is 4. The summed E-state index contributed by atoms with van der Waals surface area (Å²) in [6, 6.07) is 8.57. The van der Waals surface area contributed by atoms with Crippen LogP contribution in [0.3, 0.4) is 0 Å². The quantitative estimate of drug-likeness (QED) is 0.548. The minimum absolute atomic E-state index is 1.30. The molecule has 18 heavy (non-hydrogen) atoms. The van der Waals surface area contributed by atoms with Gasteiger partial charge in [0.25, 0.3) is 0 Å². The number of thiophene rings is 1. The van der Waals surface area contributed by atoms with E-state index in [4.69, 9.17) is 0 Å². The molecule has 0 atom stereocenters. The van der Waals surface area contributed by atoms with E-state index in [2.05, 4.69) is 49.2 Å². The molecule has 0 aliphatic rings. The van der Waals surface area contributed by atoms with Gasteiger partial charge in [-0.1, -0.05) is 30.4 Å². The summed E-state index contributed by atoms with van der Waals surface area (Å²) in [6.45, 7) is 4.36. The molecule has 0 N–H and O–H groups in total. The van der Waals surface area contributed by atoms with Crippen LogP contribution in [-0.2, 0) is 0 Å². The maximum atomic E-state index is 3.92. The van der Waals surface area contributed by atoms with E-state index in [-0.39, 0.29) is 0 Å². The van der Waals surface area contributed by atoms with Gasteiger partial charge in [0.1, 0.15) is 0 Å². The van der Waals surface area contributed by atoms with Crippen LogP contribution >= 0.6 is 11.3 Å². The fraction of sp³-hybridized carbons (Fsp3) is 0.188. The molecule has 0 amide bonds. The molecule has 1 aromatic heterocycles. The van der Waals surface area contributed by atoms with Gasteiger partial charge in [-0.25, -0.2) is 0 Å². The summed E-state index contributed by atoms with van der Waals surface area (Å²) in [5.41, 5.74) is 2.68. The Morgan fingerprint density at radius 2 is 2.00 bits per heavy atom. The summed E-state index contributed by atoms with van der Waals surface area (Å²) in [4.78, 5) is 5.29. The number of hydrogen-bond donors (Lipinski definition) is 0. The van der Waals surface area contributed by atoms with E-state index in [1.165, 1.54) is 26.1 Å². The van der Waals surface area contributed by atoms with Gasteiger partial charge in [-0.15, -0.1) is 11.3 Å². The number of benzene rings is 1. The molecule has 1 aromatic carbocycles. The Balaban J connectivity index is 2.39. The van der Waals surface area contributed by atoms with Gasteiger partial charge < -0.3 is 0 Å². The standard InChI is InChI=1S/C16H17NS/c1-12(8-6-7-11-17-3)16-13(2)14-9-4-5-10-15(14)18-16/h4-11H,1-3H3/b7-6-,12-8+,17-11?. The van der Waals surface area contributed by atoms with Crippen LogP contribution in [0.4, 0.5) is 0 Å². The summed E-state index contributed by atoms with van der Waals surface area (Å²) >= 11 is 1.86. The lowest BCUT2D eigenvalue weighted by atomic mass is 10.1. The van der Waals surface area contributed by atoms with Crippen molar-refractivity contribution in [3.8, 4) is 0 Å². The summed E-state index contributed by atoms with van der Waals surface area (Å²) < 4.78 is 1.36. The first-order valence-electron chi connectivity index (χ1n) is 5.98. The van der Waals surface area contributed by atoms with Crippen LogP contribution < -0.4 is 0 Å². The van der Waals surface area contributed by atoms with E-state index in [1.807, 2.05) is 23.5 Å². The summed E-state index contributed by atoms with van der Waals surface area (Å²) in [5, 5.41) is 1.37. The van der Waals surface area contributed by atoms with Crippen molar-refractivity contribution in [3.05, 3.63) is 52.9 Å². The first-order chi connectivity index (χ1) is 8.74. The Labute approximate surface area is 112 Å². The van der Waals surface area contributed by atoms with E-state index in [0.717, 1.165) is 0 Å². The maximum absolute atomic E-state index is 3.92. The monoisotopic (exact) mass is 255 g/mol. The van der Waals surface area contributed by atoms with Crippen LogP contribution in [0.2, 0.25) is 0 Å². The molecular formula is C16H17NS. The van der Waals surface area contributed by atoms with E-state index in [1.54, 1.807) is 13.3 Å². The molecular weight excluding hydrogens is 238 g/mol. The predicted molar refractivity (Wildman–Crippen MR) is 83.8 cm³/mol. The van der Waals surface area contributed by atoms with Gasteiger partial charge in [0.2, 0.25) is 0 Å². The Hall–Kier alpha value is -1.67. The van der Waals surface area contributed by atoms with Crippen molar-refractivity contribution in [2.75, 3.05) is 7.05 Å². The fourth-order valence-corrected chi connectivity index (χ4v) is 3.15. The zero-order chi connectivity index (χ0) is 13.0. The van der Waals surface area contributed by atoms with Gasteiger partial charge in [0.15, 0.2) is 0 Å². The molecule has 2 heteroatoms. The summed E-state index contributed by atoms with van der Waals surface area (Å²) in [7, 11) is 1.77. The van der Waals surface area contributed by atoms with Crippen molar-refractivity contribution in [1.82, 2.24) is 0 Å². The predicted octanol–water partition coefficient (Wildman–Crippen LogP) is 4.87. The lowest BCUT2D eigenvalue weighted by Crippen LogP contribution is -1.77. The van der Waals surface area contributed by atoms with E-state index in [9.17, 15) is 0 Å². The van der Waals surface area contributed by atoms with E-state index < -0.39 is 0 Å². The minimum atomic E-state index is 1.30. The van der Waals surface area contributed by atoms with Crippen LogP contribution in [0.1, 0.15) is 17.4 Å². The van der Waals surface area contributed by atoms with Crippen molar-refractivity contribution in [1.29, 1.82) is 0 Å². The topological polar surface area (TPSA) is 12.4 Å². The van der Waals surface area contributed by atoms with Gasteiger partial charge in [-0.2, -0.15) is 0 Å². The highest BCUT2D eigenvalue weighted by molar-refractivity contribution is 7.20. The number of aryl methyl sites for hydroxylation is 1. The molecule has 2 rings (SSSR count). The lowest BCUT2D eigenvalue weighted by molar-refractivity contribution is 1.48. The second kappa shape index (κ2) is 5.78. The number of hydrogen-bond acceptors (Lipinski definition) is 2. The second-order valence-corrected chi connectivity index (χ2v) is 5.25. The van der Waals surface area contributed by atoms with E-state index >= 15 is 0 Å². The van der Waals surface area contributed by atoms with Gasteiger partial charge in [0.05, 0.1) is 0 Å². The molecule has 0 aliphatic carbocycles. The van der Waals surface area contributed by atoms with Gasteiger partial charge in [-0.05, 0) is 42.5 Å². The maximum Gasteiger partial charge on any atom is 0.0352 e. The van der Waals surface area contributed by atoms with Crippen molar-refractivity contribution in [2.24, 2.45) is 4.99 Å². The zero-order valence-corrected chi connectivity index (χ0v) is 11.8. The molecule has 0 fully saturated rings. The number of aliphatic imine (C=N–C) groups is 1. The van der Waals surface area contributed by atoms with Crippen molar-refractivity contribution >= 4 is 33.2 Å². The van der Waals surface area contributed by atoms with Crippen LogP contribution in [-0.4, -0.2) is 13.3 Å². The minimum Gasteiger partial charge on any atom is -0.297 e. The molecule has 0 unspecified atom stereocenters. The largest absolute Gasteiger partial charge is 0.297 e. The second-order valence-electron chi connectivity index (χ2n) is 4.19. The van der Waals surface area contributed by atoms with Crippen LogP contribution in [0.25, 0.3) is 15.7 Å². The lowest BCUT2D eigenvalue weighted by Gasteiger charge is -1.97. The number of nitrogens with zero attached hydrogens (tertiary/aromatic N) is 1.